The molecule has 6 nitrogen and oxygen atoms in total. The van der Waals surface area contributed by atoms with E-state index >= 15 is 0 Å². The first-order chi connectivity index (χ1) is 16.1. The molecule has 0 saturated heterocycles. The Balaban J connectivity index is 1.48. The summed E-state index contributed by atoms with van der Waals surface area (Å²) in [5.41, 5.74) is 3.52. The molecule has 0 fully saturated rings. The topological polar surface area (TPSA) is 75.3 Å². The first kappa shape index (κ1) is 22.4. The Bertz CT molecular complexity index is 1180. The number of rotatable bonds is 8. The molecule has 4 rings (SSSR count). The molecule has 3 N–H and O–H groups in total. The van der Waals surface area contributed by atoms with Crippen molar-refractivity contribution in [3.05, 3.63) is 101 Å². The maximum Gasteiger partial charge on any atom is 0.256 e. The van der Waals surface area contributed by atoms with Crippen LogP contribution >= 0.6 is 12.2 Å². The molecule has 1 aliphatic rings. The van der Waals surface area contributed by atoms with Gasteiger partial charge in [-0.15, -0.1) is 0 Å². The van der Waals surface area contributed by atoms with Gasteiger partial charge in [0.25, 0.3) is 5.91 Å². The number of carbonyl (C=O) groups excluding carboxylic acids is 1. The Labute approximate surface area is 196 Å². The minimum absolute atomic E-state index is 0.232. The lowest BCUT2D eigenvalue weighted by Crippen LogP contribution is -2.39. The summed E-state index contributed by atoms with van der Waals surface area (Å²) in [7, 11) is 0. The van der Waals surface area contributed by atoms with Crippen LogP contribution in [-0.4, -0.2) is 22.4 Å². The van der Waals surface area contributed by atoms with Crippen molar-refractivity contribution in [2.24, 2.45) is 0 Å². The number of nitrogens with zero attached hydrogens (tertiary/aromatic N) is 1. The van der Waals surface area contributed by atoms with Crippen molar-refractivity contribution >= 4 is 28.8 Å². The molecule has 0 bridgehead atoms. The molecule has 1 amide bonds. The number of benzene rings is 2. The summed E-state index contributed by atoms with van der Waals surface area (Å²) in [5, 5.41) is 9.12. The molecule has 0 atom stereocenters. The third-order valence-electron chi connectivity index (χ3n) is 5.10. The maximum atomic E-state index is 13.5. The molecule has 0 aliphatic carbocycles. The summed E-state index contributed by atoms with van der Waals surface area (Å²) in [6, 6.07) is 17.7. The first-order valence-electron chi connectivity index (χ1n) is 10.5. The van der Waals surface area contributed by atoms with Gasteiger partial charge in [0.15, 0.2) is 0 Å². The van der Waals surface area contributed by atoms with Crippen LogP contribution in [-0.2, 0) is 17.9 Å². The van der Waals surface area contributed by atoms with Crippen molar-refractivity contribution in [1.29, 1.82) is 0 Å². The van der Waals surface area contributed by atoms with E-state index in [0.29, 0.717) is 43.1 Å². The summed E-state index contributed by atoms with van der Waals surface area (Å²) in [6.45, 7) is 1.36. The molecular weight excluding hydrogens is 439 g/mol. The van der Waals surface area contributed by atoms with Crippen LogP contribution in [0, 0.1) is 5.82 Å². The van der Waals surface area contributed by atoms with Crippen molar-refractivity contribution in [1.82, 2.24) is 15.6 Å². The van der Waals surface area contributed by atoms with Crippen LogP contribution in [0.2, 0.25) is 0 Å². The second-order valence-electron chi connectivity index (χ2n) is 7.44. The minimum atomic E-state index is -0.385. The van der Waals surface area contributed by atoms with Crippen LogP contribution in [0.5, 0.6) is 5.75 Å². The number of carbonyl (C=O) groups is 1. The fraction of sp³-hybridized carbons (Fsp3) is 0.160. The van der Waals surface area contributed by atoms with Crippen molar-refractivity contribution in [3.63, 3.8) is 0 Å². The van der Waals surface area contributed by atoms with E-state index in [2.05, 4.69) is 20.9 Å². The van der Waals surface area contributed by atoms with E-state index in [1.54, 1.807) is 24.5 Å². The minimum Gasteiger partial charge on any atom is -0.487 e. The normalized spacial score (nSPS) is 13.3. The van der Waals surface area contributed by atoms with Crippen molar-refractivity contribution < 1.29 is 13.9 Å². The summed E-state index contributed by atoms with van der Waals surface area (Å²) in [5.74, 6) is 0.00796. The van der Waals surface area contributed by atoms with Gasteiger partial charge >= 0.3 is 0 Å². The zero-order chi connectivity index (χ0) is 23.0. The van der Waals surface area contributed by atoms with Gasteiger partial charge in [-0.05, 0) is 29.8 Å². The predicted molar refractivity (Wildman–Crippen MR) is 129 cm³/mol. The molecule has 2 aromatic carbocycles. The third-order valence-corrected chi connectivity index (χ3v) is 5.40. The summed E-state index contributed by atoms with van der Waals surface area (Å²) in [6.07, 6.45) is 3.97. The second kappa shape index (κ2) is 10.7. The SMILES string of the molecule is O=C1NCCC(NCc2ccncc2OCc2ccccc2)=C1C(=S)Nc1cccc(F)c1. The Morgan fingerprint density at radius 3 is 2.82 bits per heavy atom. The summed E-state index contributed by atoms with van der Waals surface area (Å²) >= 11 is 5.48. The van der Waals surface area contributed by atoms with Gasteiger partial charge < -0.3 is 20.7 Å². The zero-order valence-corrected chi connectivity index (χ0v) is 18.6. The fourth-order valence-corrected chi connectivity index (χ4v) is 3.78. The molecule has 0 unspecified atom stereocenters. The van der Waals surface area contributed by atoms with Crippen LogP contribution in [0.4, 0.5) is 10.1 Å². The number of thiocarbonyl (C=S) groups is 1. The van der Waals surface area contributed by atoms with Gasteiger partial charge in [0.05, 0.1) is 11.8 Å². The molecule has 8 heteroatoms. The predicted octanol–water partition coefficient (Wildman–Crippen LogP) is 4.10. The molecule has 1 aromatic heterocycles. The number of hydrogen-bond donors (Lipinski definition) is 3. The van der Waals surface area contributed by atoms with E-state index in [1.165, 1.54) is 12.1 Å². The third kappa shape index (κ3) is 5.93. The molecule has 1 aliphatic heterocycles. The fourth-order valence-electron chi connectivity index (χ4n) is 3.45. The largest absolute Gasteiger partial charge is 0.487 e. The van der Waals surface area contributed by atoms with Gasteiger partial charge in [0, 0.05) is 42.7 Å². The van der Waals surface area contributed by atoms with Crippen LogP contribution in [0.1, 0.15) is 17.5 Å². The zero-order valence-electron chi connectivity index (χ0n) is 17.8. The molecule has 0 spiro atoms. The van der Waals surface area contributed by atoms with Crippen LogP contribution in [0.25, 0.3) is 0 Å². The Hall–Kier alpha value is -3.78. The number of halogens is 1. The van der Waals surface area contributed by atoms with Gasteiger partial charge in [-0.2, -0.15) is 0 Å². The van der Waals surface area contributed by atoms with Crippen LogP contribution in [0.3, 0.4) is 0 Å². The molecule has 168 valence electrons. The second-order valence-corrected chi connectivity index (χ2v) is 7.84. The average molecular weight is 463 g/mol. The molecule has 33 heavy (non-hydrogen) atoms. The Morgan fingerprint density at radius 1 is 1.15 bits per heavy atom. The number of ether oxygens (including phenoxy) is 1. The smallest absolute Gasteiger partial charge is 0.256 e. The highest BCUT2D eigenvalue weighted by Gasteiger charge is 2.24. The van der Waals surface area contributed by atoms with Gasteiger partial charge in [-0.1, -0.05) is 48.6 Å². The monoisotopic (exact) mass is 462 g/mol. The molecule has 3 aromatic rings. The standard InChI is InChI=1S/C25H23FN4O2S/c26-19-7-4-8-20(13-19)30-25(33)23-21(10-12-28-24(23)31)29-14-18-9-11-27-15-22(18)32-16-17-5-2-1-3-6-17/h1-9,11,13,15,29H,10,12,14,16H2,(H,28,31)(H,30,33). The molecule has 0 radical (unpaired) electrons. The number of aromatic nitrogens is 1. The number of nitrogens with one attached hydrogen (secondary N) is 3. The number of anilines is 1. The highest BCUT2D eigenvalue weighted by Crippen LogP contribution is 2.21. The average Bonchev–Trinajstić information content (AvgIpc) is 2.82. The number of pyridine rings is 1. The van der Waals surface area contributed by atoms with E-state index < -0.39 is 0 Å². The van der Waals surface area contributed by atoms with Crippen molar-refractivity contribution in [3.8, 4) is 5.75 Å². The summed E-state index contributed by atoms with van der Waals surface area (Å²) in [4.78, 5) is 17.0. The number of amides is 1. The molecule has 2 heterocycles. The van der Waals surface area contributed by atoms with E-state index in [4.69, 9.17) is 17.0 Å². The van der Waals surface area contributed by atoms with Gasteiger partial charge in [0.2, 0.25) is 0 Å². The van der Waals surface area contributed by atoms with Gasteiger partial charge in [0.1, 0.15) is 23.2 Å². The van der Waals surface area contributed by atoms with Gasteiger partial charge in [-0.3, -0.25) is 9.78 Å². The van der Waals surface area contributed by atoms with E-state index in [1.807, 2.05) is 36.4 Å². The summed E-state index contributed by atoms with van der Waals surface area (Å²) < 4.78 is 19.5. The Kier molecular flexibility index (Phi) is 7.26. The van der Waals surface area contributed by atoms with Crippen molar-refractivity contribution in [2.75, 3.05) is 11.9 Å². The lowest BCUT2D eigenvalue weighted by atomic mass is 10.1. The van der Waals surface area contributed by atoms with E-state index in [-0.39, 0.29) is 16.7 Å². The lowest BCUT2D eigenvalue weighted by Gasteiger charge is -2.23. The van der Waals surface area contributed by atoms with Crippen LogP contribution < -0.4 is 20.7 Å². The van der Waals surface area contributed by atoms with Gasteiger partial charge in [-0.25, -0.2) is 4.39 Å². The maximum absolute atomic E-state index is 13.5. The quantitative estimate of drug-likeness (QED) is 0.438. The Morgan fingerprint density at radius 2 is 2.00 bits per heavy atom. The van der Waals surface area contributed by atoms with Crippen LogP contribution in [0.15, 0.2) is 84.3 Å². The molecule has 0 saturated carbocycles. The van der Waals surface area contributed by atoms with E-state index in [0.717, 1.165) is 16.8 Å². The first-order valence-corrected chi connectivity index (χ1v) is 10.9. The van der Waals surface area contributed by atoms with E-state index in [9.17, 15) is 9.18 Å². The lowest BCUT2D eigenvalue weighted by molar-refractivity contribution is -0.117. The number of hydrogen-bond acceptors (Lipinski definition) is 5. The molecular formula is C25H23FN4O2S. The van der Waals surface area contributed by atoms with Crippen molar-refractivity contribution in [2.45, 2.75) is 19.6 Å². The highest BCUT2D eigenvalue weighted by atomic mass is 32.1. The highest BCUT2D eigenvalue weighted by molar-refractivity contribution is 7.81.